The Morgan fingerprint density at radius 3 is 2.59 bits per heavy atom. The van der Waals surface area contributed by atoms with E-state index in [4.69, 9.17) is 17.3 Å². The van der Waals surface area contributed by atoms with Crippen molar-refractivity contribution in [1.29, 1.82) is 0 Å². The number of halogens is 3. The minimum absolute atomic E-state index is 0. The minimum Gasteiger partial charge on any atom is -0.349 e. The molecule has 2 atom stereocenters. The highest BCUT2D eigenvalue weighted by molar-refractivity contribution is 6.31. The van der Waals surface area contributed by atoms with Crippen molar-refractivity contribution >= 4 is 29.9 Å². The normalized spacial score (nSPS) is 20.2. The molecule has 2 rings (SSSR count). The first kappa shape index (κ1) is 19.2. The largest absolute Gasteiger partial charge is 0.349 e. The van der Waals surface area contributed by atoms with Crippen LogP contribution in [0.3, 0.4) is 0 Å². The molecule has 124 valence electrons. The molecule has 0 saturated heterocycles. The zero-order chi connectivity index (χ0) is 15.6. The fourth-order valence-electron chi connectivity index (χ4n) is 2.79. The lowest BCUT2D eigenvalue weighted by molar-refractivity contribution is -0.124. The molecule has 0 radical (unpaired) electrons. The van der Waals surface area contributed by atoms with Crippen LogP contribution in [0.2, 0.25) is 5.02 Å². The second-order valence-corrected chi connectivity index (χ2v) is 6.17. The molecule has 0 heterocycles. The molecule has 0 spiro atoms. The third-order valence-corrected chi connectivity index (χ3v) is 4.96. The van der Waals surface area contributed by atoms with Crippen LogP contribution < -0.4 is 11.1 Å². The SMILES string of the molecule is CCC(CC)(CN)NC(=O)C1CC1c1c(F)cccc1Cl.Cl. The van der Waals surface area contributed by atoms with Gasteiger partial charge in [0.15, 0.2) is 0 Å². The molecule has 22 heavy (non-hydrogen) atoms. The first-order valence-corrected chi connectivity index (χ1v) is 7.81. The maximum atomic E-state index is 13.9. The summed E-state index contributed by atoms with van der Waals surface area (Å²) in [6, 6.07) is 4.62. The molecule has 1 aliphatic rings. The van der Waals surface area contributed by atoms with Crippen LogP contribution in [0.5, 0.6) is 0 Å². The Morgan fingerprint density at radius 2 is 2.09 bits per heavy atom. The Bertz CT molecular complexity index is 506. The highest BCUT2D eigenvalue weighted by Gasteiger charge is 2.47. The van der Waals surface area contributed by atoms with E-state index in [-0.39, 0.29) is 41.5 Å². The van der Waals surface area contributed by atoms with Crippen LogP contribution in [0, 0.1) is 11.7 Å². The lowest BCUT2D eigenvalue weighted by Gasteiger charge is -2.31. The van der Waals surface area contributed by atoms with Gasteiger partial charge in [-0.25, -0.2) is 4.39 Å². The van der Waals surface area contributed by atoms with Gasteiger partial charge >= 0.3 is 0 Å². The smallest absolute Gasteiger partial charge is 0.224 e. The van der Waals surface area contributed by atoms with E-state index in [1.54, 1.807) is 12.1 Å². The number of hydrogen-bond donors (Lipinski definition) is 2. The molecule has 1 fully saturated rings. The summed E-state index contributed by atoms with van der Waals surface area (Å²) in [6.07, 6.45) is 2.20. The molecule has 0 aliphatic heterocycles. The van der Waals surface area contributed by atoms with Gasteiger partial charge in [-0.05, 0) is 31.4 Å². The molecule has 0 bridgehead atoms. The van der Waals surface area contributed by atoms with Crippen LogP contribution in [-0.4, -0.2) is 18.0 Å². The van der Waals surface area contributed by atoms with Gasteiger partial charge < -0.3 is 11.1 Å². The van der Waals surface area contributed by atoms with E-state index in [9.17, 15) is 9.18 Å². The van der Waals surface area contributed by atoms with Gasteiger partial charge in [0, 0.05) is 29.0 Å². The summed E-state index contributed by atoms with van der Waals surface area (Å²) in [5.41, 5.74) is 5.90. The predicted molar refractivity (Wildman–Crippen MR) is 90.0 cm³/mol. The number of nitrogens with one attached hydrogen (secondary N) is 1. The van der Waals surface area contributed by atoms with Crippen molar-refractivity contribution in [3.8, 4) is 0 Å². The highest BCUT2D eigenvalue weighted by Crippen LogP contribution is 2.50. The Morgan fingerprint density at radius 1 is 1.45 bits per heavy atom. The van der Waals surface area contributed by atoms with Gasteiger partial charge in [-0.2, -0.15) is 0 Å². The molecule has 1 aliphatic carbocycles. The minimum atomic E-state index is -0.358. The van der Waals surface area contributed by atoms with Gasteiger partial charge in [-0.15, -0.1) is 12.4 Å². The Hall–Kier alpha value is -0.840. The van der Waals surface area contributed by atoms with Crippen molar-refractivity contribution in [3.05, 3.63) is 34.6 Å². The maximum absolute atomic E-state index is 13.9. The van der Waals surface area contributed by atoms with Crippen LogP contribution in [0.25, 0.3) is 0 Å². The molecule has 1 aromatic carbocycles. The quantitative estimate of drug-likeness (QED) is 0.824. The predicted octanol–water partition coefficient (Wildman–Crippen LogP) is 3.64. The van der Waals surface area contributed by atoms with Crippen LogP contribution in [0.1, 0.15) is 44.6 Å². The number of hydrogen-bond acceptors (Lipinski definition) is 2. The summed E-state index contributed by atoms with van der Waals surface area (Å²) in [5, 5.41) is 3.45. The summed E-state index contributed by atoms with van der Waals surface area (Å²) in [6.45, 7) is 4.42. The van der Waals surface area contributed by atoms with Crippen LogP contribution >= 0.6 is 24.0 Å². The van der Waals surface area contributed by atoms with Crippen LogP contribution in [-0.2, 0) is 4.79 Å². The summed E-state index contributed by atoms with van der Waals surface area (Å²) < 4.78 is 13.9. The molecule has 6 heteroatoms. The van der Waals surface area contributed by atoms with Crippen molar-refractivity contribution in [1.82, 2.24) is 5.32 Å². The number of benzene rings is 1. The third-order valence-electron chi connectivity index (χ3n) is 4.63. The number of carbonyl (C=O) groups is 1. The van der Waals surface area contributed by atoms with E-state index < -0.39 is 0 Å². The zero-order valence-corrected chi connectivity index (χ0v) is 14.4. The van der Waals surface area contributed by atoms with Gasteiger partial charge in [0.1, 0.15) is 5.82 Å². The Balaban J connectivity index is 0.00000242. The third kappa shape index (κ3) is 3.73. The van der Waals surface area contributed by atoms with E-state index in [1.807, 2.05) is 13.8 Å². The van der Waals surface area contributed by atoms with Gasteiger partial charge in [-0.1, -0.05) is 31.5 Å². The molecule has 3 nitrogen and oxygen atoms in total. The van der Waals surface area contributed by atoms with Crippen molar-refractivity contribution in [2.24, 2.45) is 11.7 Å². The first-order valence-electron chi connectivity index (χ1n) is 7.44. The van der Waals surface area contributed by atoms with Crippen molar-refractivity contribution < 1.29 is 9.18 Å². The van der Waals surface area contributed by atoms with Crippen molar-refractivity contribution in [2.75, 3.05) is 6.54 Å². The standard InChI is InChI=1S/C16H22ClFN2O.ClH/c1-3-16(4-2,9-19)20-15(21)11-8-10(11)14-12(17)6-5-7-13(14)18;/h5-7,10-11H,3-4,8-9,19H2,1-2H3,(H,20,21);1H. The second kappa shape index (κ2) is 7.62. The van der Waals surface area contributed by atoms with Gasteiger partial charge in [0.05, 0.1) is 5.54 Å². The molecule has 3 N–H and O–H groups in total. The number of rotatable bonds is 6. The number of carbonyl (C=O) groups excluding carboxylic acids is 1. The molecule has 1 amide bonds. The monoisotopic (exact) mass is 348 g/mol. The Kier molecular flexibility index (Phi) is 6.65. The van der Waals surface area contributed by atoms with Crippen molar-refractivity contribution in [3.63, 3.8) is 0 Å². The first-order chi connectivity index (χ1) is 9.98. The average molecular weight is 349 g/mol. The van der Waals surface area contributed by atoms with Gasteiger partial charge in [-0.3, -0.25) is 4.79 Å². The van der Waals surface area contributed by atoms with E-state index >= 15 is 0 Å². The van der Waals surface area contributed by atoms with Crippen LogP contribution in [0.15, 0.2) is 18.2 Å². The fourth-order valence-corrected chi connectivity index (χ4v) is 3.09. The summed E-state index contributed by atoms with van der Waals surface area (Å²) in [7, 11) is 0. The average Bonchev–Trinajstić information content (AvgIpc) is 3.25. The lowest BCUT2D eigenvalue weighted by atomic mass is 9.92. The molecular formula is C16H23Cl2FN2O. The lowest BCUT2D eigenvalue weighted by Crippen LogP contribution is -2.53. The highest BCUT2D eigenvalue weighted by atomic mass is 35.5. The van der Waals surface area contributed by atoms with E-state index in [2.05, 4.69) is 5.32 Å². The summed E-state index contributed by atoms with van der Waals surface area (Å²) in [5.74, 6) is -0.710. The Labute approximate surface area is 142 Å². The van der Waals surface area contributed by atoms with E-state index in [0.717, 1.165) is 12.8 Å². The maximum Gasteiger partial charge on any atom is 0.224 e. The van der Waals surface area contributed by atoms with Crippen molar-refractivity contribution in [2.45, 2.75) is 44.6 Å². The topological polar surface area (TPSA) is 55.1 Å². The molecular weight excluding hydrogens is 326 g/mol. The molecule has 2 unspecified atom stereocenters. The number of amides is 1. The number of nitrogens with two attached hydrogens (primary N) is 1. The van der Waals surface area contributed by atoms with Gasteiger partial charge in [0.2, 0.25) is 5.91 Å². The molecule has 1 aromatic rings. The van der Waals surface area contributed by atoms with E-state index in [1.165, 1.54) is 6.07 Å². The fraction of sp³-hybridized carbons (Fsp3) is 0.562. The van der Waals surface area contributed by atoms with E-state index in [0.29, 0.717) is 23.6 Å². The van der Waals surface area contributed by atoms with Crippen LogP contribution in [0.4, 0.5) is 4.39 Å². The molecule has 0 aromatic heterocycles. The second-order valence-electron chi connectivity index (χ2n) is 5.76. The summed E-state index contributed by atoms with van der Waals surface area (Å²) in [4.78, 5) is 12.4. The molecule has 1 saturated carbocycles. The summed E-state index contributed by atoms with van der Waals surface area (Å²) >= 11 is 6.06. The zero-order valence-electron chi connectivity index (χ0n) is 12.9. The van der Waals surface area contributed by atoms with Gasteiger partial charge in [0.25, 0.3) is 0 Å².